The molecular formula is C16H30N4O. The monoisotopic (exact) mass is 294 g/mol. The second-order valence-corrected chi connectivity index (χ2v) is 5.95. The molecule has 0 aliphatic carbocycles. The minimum Gasteiger partial charge on any atom is -0.382 e. The molecule has 1 fully saturated rings. The number of anilines is 1. The maximum Gasteiger partial charge on any atom is 0.203 e. The smallest absolute Gasteiger partial charge is 0.203 e. The molecule has 2 rings (SSSR count). The first-order valence-corrected chi connectivity index (χ1v) is 8.30. The van der Waals surface area contributed by atoms with Gasteiger partial charge in [0.15, 0.2) is 0 Å². The van der Waals surface area contributed by atoms with Gasteiger partial charge in [0.05, 0.1) is 5.69 Å². The van der Waals surface area contributed by atoms with Crippen molar-refractivity contribution in [1.29, 1.82) is 0 Å². The number of rotatable bonds is 9. The van der Waals surface area contributed by atoms with Crippen molar-refractivity contribution in [3.8, 4) is 0 Å². The number of likely N-dealkylation sites (tertiary alicyclic amines) is 1. The number of aryl methyl sites for hydroxylation is 1. The predicted molar refractivity (Wildman–Crippen MR) is 86.9 cm³/mol. The quantitative estimate of drug-likeness (QED) is 0.711. The third-order valence-corrected chi connectivity index (χ3v) is 4.00. The van der Waals surface area contributed by atoms with Crippen LogP contribution in [0.15, 0.2) is 6.20 Å². The van der Waals surface area contributed by atoms with E-state index in [0.29, 0.717) is 6.04 Å². The Morgan fingerprint density at radius 3 is 2.86 bits per heavy atom. The summed E-state index contributed by atoms with van der Waals surface area (Å²) < 4.78 is 7.66. The molecule has 1 atom stereocenters. The summed E-state index contributed by atoms with van der Waals surface area (Å²) in [6, 6.07) is 0.457. The average Bonchev–Trinajstić information content (AvgIpc) is 3.08. The first-order valence-electron chi connectivity index (χ1n) is 8.30. The molecular weight excluding hydrogens is 264 g/mol. The van der Waals surface area contributed by atoms with Crippen molar-refractivity contribution < 1.29 is 4.74 Å². The summed E-state index contributed by atoms with van der Waals surface area (Å²) in [5.41, 5.74) is 1.08. The van der Waals surface area contributed by atoms with Gasteiger partial charge in [-0.3, -0.25) is 0 Å². The van der Waals surface area contributed by atoms with Crippen LogP contribution in [0, 0.1) is 6.92 Å². The molecule has 0 saturated carbocycles. The highest BCUT2D eigenvalue weighted by Crippen LogP contribution is 2.19. The molecule has 1 aliphatic rings. The SMILES string of the molecule is CCOCCCNc1nc(C)cn1C(C)CN1CCCC1. The largest absolute Gasteiger partial charge is 0.382 e. The van der Waals surface area contributed by atoms with Gasteiger partial charge in [-0.25, -0.2) is 4.98 Å². The minimum atomic E-state index is 0.457. The van der Waals surface area contributed by atoms with Crippen molar-refractivity contribution in [2.45, 2.75) is 46.1 Å². The van der Waals surface area contributed by atoms with Gasteiger partial charge in [0.2, 0.25) is 5.95 Å². The van der Waals surface area contributed by atoms with E-state index in [2.05, 4.69) is 39.8 Å². The zero-order valence-electron chi connectivity index (χ0n) is 13.8. The predicted octanol–water partition coefficient (Wildman–Crippen LogP) is 2.69. The van der Waals surface area contributed by atoms with Gasteiger partial charge in [-0.2, -0.15) is 0 Å². The number of nitrogens with zero attached hydrogens (tertiary/aromatic N) is 3. The fourth-order valence-corrected chi connectivity index (χ4v) is 2.93. The minimum absolute atomic E-state index is 0.457. The van der Waals surface area contributed by atoms with E-state index in [1.807, 2.05) is 6.92 Å². The summed E-state index contributed by atoms with van der Waals surface area (Å²) in [7, 11) is 0. The fraction of sp³-hybridized carbons (Fsp3) is 0.812. The second kappa shape index (κ2) is 8.39. The number of imidazole rings is 1. The van der Waals surface area contributed by atoms with Crippen molar-refractivity contribution in [3.05, 3.63) is 11.9 Å². The molecule has 1 saturated heterocycles. The van der Waals surface area contributed by atoms with Crippen molar-refractivity contribution in [2.24, 2.45) is 0 Å². The van der Waals surface area contributed by atoms with Gasteiger partial charge >= 0.3 is 0 Å². The van der Waals surface area contributed by atoms with Crippen molar-refractivity contribution in [1.82, 2.24) is 14.5 Å². The van der Waals surface area contributed by atoms with Crippen LogP contribution in [0.2, 0.25) is 0 Å². The molecule has 1 unspecified atom stereocenters. The van der Waals surface area contributed by atoms with E-state index >= 15 is 0 Å². The van der Waals surface area contributed by atoms with E-state index < -0.39 is 0 Å². The van der Waals surface area contributed by atoms with E-state index in [1.165, 1.54) is 25.9 Å². The number of nitrogens with one attached hydrogen (secondary N) is 1. The molecule has 1 aromatic heterocycles. The highest BCUT2D eigenvalue weighted by atomic mass is 16.5. The topological polar surface area (TPSA) is 42.3 Å². The Hall–Kier alpha value is -1.07. The Morgan fingerprint density at radius 1 is 1.38 bits per heavy atom. The van der Waals surface area contributed by atoms with Crippen LogP contribution in [-0.2, 0) is 4.74 Å². The Balaban J connectivity index is 1.85. The summed E-state index contributed by atoms with van der Waals surface area (Å²) in [6.45, 7) is 12.5. The van der Waals surface area contributed by atoms with E-state index in [0.717, 1.165) is 44.4 Å². The summed E-state index contributed by atoms with van der Waals surface area (Å²) >= 11 is 0. The zero-order valence-corrected chi connectivity index (χ0v) is 13.8. The van der Waals surface area contributed by atoms with Gasteiger partial charge in [-0.1, -0.05) is 0 Å². The maximum atomic E-state index is 5.37. The summed E-state index contributed by atoms with van der Waals surface area (Å²) in [5.74, 6) is 0.996. The number of ether oxygens (including phenoxy) is 1. The van der Waals surface area contributed by atoms with Gasteiger partial charge in [-0.15, -0.1) is 0 Å². The Kier molecular flexibility index (Phi) is 6.51. The number of hydrogen-bond donors (Lipinski definition) is 1. The molecule has 0 spiro atoms. The van der Waals surface area contributed by atoms with Gasteiger partial charge < -0.3 is 19.5 Å². The molecule has 5 nitrogen and oxygen atoms in total. The molecule has 2 heterocycles. The van der Waals surface area contributed by atoms with Crippen LogP contribution in [-0.4, -0.2) is 53.8 Å². The van der Waals surface area contributed by atoms with E-state index in [9.17, 15) is 0 Å². The lowest BCUT2D eigenvalue weighted by Gasteiger charge is -2.23. The Labute approximate surface area is 128 Å². The highest BCUT2D eigenvalue weighted by Gasteiger charge is 2.17. The van der Waals surface area contributed by atoms with Crippen LogP contribution in [0.5, 0.6) is 0 Å². The molecule has 21 heavy (non-hydrogen) atoms. The van der Waals surface area contributed by atoms with Crippen molar-refractivity contribution in [2.75, 3.05) is 44.7 Å². The van der Waals surface area contributed by atoms with E-state index in [1.54, 1.807) is 0 Å². The molecule has 1 aromatic rings. The van der Waals surface area contributed by atoms with Crippen LogP contribution in [0.25, 0.3) is 0 Å². The highest BCUT2D eigenvalue weighted by molar-refractivity contribution is 5.29. The summed E-state index contributed by atoms with van der Waals surface area (Å²) in [5, 5.41) is 3.45. The normalized spacial score (nSPS) is 17.3. The summed E-state index contributed by atoms with van der Waals surface area (Å²) in [4.78, 5) is 7.17. The first kappa shape index (κ1) is 16.3. The lowest BCUT2D eigenvalue weighted by Crippen LogP contribution is -2.27. The lowest BCUT2D eigenvalue weighted by atomic mass is 10.3. The molecule has 0 aromatic carbocycles. The number of hydrogen-bond acceptors (Lipinski definition) is 4. The molecule has 0 amide bonds. The Morgan fingerprint density at radius 2 is 2.14 bits per heavy atom. The number of aromatic nitrogens is 2. The van der Waals surface area contributed by atoms with Crippen LogP contribution in [0.4, 0.5) is 5.95 Å². The molecule has 0 bridgehead atoms. The fourth-order valence-electron chi connectivity index (χ4n) is 2.93. The molecule has 120 valence electrons. The first-order chi connectivity index (χ1) is 10.2. The average molecular weight is 294 g/mol. The van der Waals surface area contributed by atoms with E-state index in [-0.39, 0.29) is 0 Å². The van der Waals surface area contributed by atoms with Crippen LogP contribution in [0.3, 0.4) is 0 Å². The van der Waals surface area contributed by atoms with Gasteiger partial charge in [0, 0.05) is 38.5 Å². The maximum absolute atomic E-state index is 5.37. The zero-order chi connectivity index (χ0) is 15.1. The third kappa shape index (κ3) is 5.00. The molecule has 5 heteroatoms. The van der Waals surface area contributed by atoms with E-state index in [4.69, 9.17) is 4.74 Å². The Bertz CT molecular complexity index is 412. The molecule has 1 N–H and O–H groups in total. The standard InChI is InChI=1S/C16H30N4O/c1-4-21-11-7-8-17-16-18-14(2)12-20(16)15(3)13-19-9-5-6-10-19/h12,15H,4-11,13H2,1-3H3,(H,17,18). The molecule has 0 radical (unpaired) electrons. The van der Waals surface area contributed by atoms with Crippen LogP contribution in [0.1, 0.15) is 44.8 Å². The van der Waals surface area contributed by atoms with Gasteiger partial charge in [0.1, 0.15) is 0 Å². The van der Waals surface area contributed by atoms with Crippen molar-refractivity contribution >= 4 is 5.95 Å². The third-order valence-electron chi connectivity index (χ3n) is 4.00. The van der Waals surface area contributed by atoms with Gasteiger partial charge in [-0.05, 0) is 53.1 Å². The lowest BCUT2D eigenvalue weighted by molar-refractivity contribution is 0.147. The molecule has 1 aliphatic heterocycles. The van der Waals surface area contributed by atoms with Crippen LogP contribution >= 0.6 is 0 Å². The second-order valence-electron chi connectivity index (χ2n) is 5.95. The summed E-state index contributed by atoms with van der Waals surface area (Å²) in [6.07, 6.45) is 5.86. The van der Waals surface area contributed by atoms with Gasteiger partial charge in [0.25, 0.3) is 0 Å². The van der Waals surface area contributed by atoms with Crippen molar-refractivity contribution in [3.63, 3.8) is 0 Å². The van der Waals surface area contributed by atoms with Crippen LogP contribution < -0.4 is 5.32 Å².